The molecule has 0 radical (unpaired) electrons. The van der Waals surface area contributed by atoms with Crippen LogP contribution in [-0.2, 0) is 9.59 Å². The Morgan fingerprint density at radius 1 is 1.67 bits per heavy atom. The first kappa shape index (κ1) is 9.03. The number of nitrogens with one attached hydrogen (secondary N) is 1. The average molecular weight is 171 g/mol. The number of rotatable bonds is 2. The molecular weight excluding hydrogens is 158 g/mol. The molecule has 68 valence electrons. The van der Waals surface area contributed by atoms with Crippen molar-refractivity contribution in [3.05, 3.63) is 0 Å². The van der Waals surface area contributed by atoms with Gasteiger partial charge in [0.05, 0.1) is 0 Å². The van der Waals surface area contributed by atoms with Crippen molar-refractivity contribution in [1.29, 1.82) is 0 Å². The monoisotopic (exact) mass is 171 g/mol. The Morgan fingerprint density at radius 2 is 2.25 bits per heavy atom. The van der Waals surface area contributed by atoms with E-state index in [4.69, 9.17) is 5.11 Å². The molecule has 4 heteroatoms. The molecule has 0 aliphatic carbocycles. The molecule has 1 aliphatic heterocycles. The third-order valence-electron chi connectivity index (χ3n) is 2.34. The number of hydrogen-bond acceptors (Lipinski definition) is 2. The molecule has 0 aromatic rings. The predicted molar refractivity (Wildman–Crippen MR) is 42.5 cm³/mol. The van der Waals surface area contributed by atoms with Crippen LogP contribution in [-0.4, -0.2) is 23.5 Å². The third-order valence-corrected chi connectivity index (χ3v) is 2.34. The van der Waals surface area contributed by atoms with Crippen LogP contribution < -0.4 is 5.32 Å². The second kappa shape index (κ2) is 3.13. The number of carboxylic acid groups (broad SMARTS) is 1. The average Bonchev–Trinajstić information content (AvgIpc) is 2.30. The number of carbonyl (C=O) groups excluding carboxylic acids is 1. The summed E-state index contributed by atoms with van der Waals surface area (Å²) in [4.78, 5) is 21.7. The molecule has 0 bridgehead atoms. The second-order valence-electron chi connectivity index (χ2n) is 3.47. The van der Waals surface area contributed by atoms with Crippen molar-refractivity contribution in [3.63, 3.8) is 0 Å². The summed E-state index contributed by atoms with van der Waals surface area (Å²) in [6.45, 7) is 4.36. The number of carbonyl (C=O) groups is 2. The molecule has 1 amide bonds. The molecule has 1 heterocycles. The summed E-state index contributed by atoms with van der Waals surface area (Å²) in [5.74, 6) is -2.03. The Labute approximate surface area is 71.0 Å². The van der Waals surface area contributed by atoms with Crippen molar-refractivity contribution < 1.29 is 14.7 Å². The molecule has 0 spiro atoms. The first-order valence-corrected chi connectivity index (χ1v) is 4.04. The molecule has 0 unspecified atom stereocenters. The molecule has 2 atom stereocenters. The first-order chi connectivity index (χ1) is 5.54. The summed E-state index contributed by atoms with van der Waals surface area (Å²) in [5, 5.41) is 11.3. The normalized spacial score (nSPS) is 29.1. The van der Waals surface area contributed by atoms with E-state index in [1.165, 1.54) is 0 Å². The van der Waals surface area contributed by atoms with Gasteiger partial charge in [0.25, 0.3) is 0 Å². The van der Waals surface area contributed by atoms with Crippen LogP contribution in [0.4, 0.5) is 0 Å². The van der Waals surface area contributed by atoms with Gasteiger partial charge in [-0.05, 0) is 5.92 Å². The first-order valence-electron chi connectivity index (χ1n) is 4.04. The van der Waals surface area contributed by atoms with Crippen molar-refractivity contribution >= 4 is 11.9 Å². The van der Waals surface area contributed by atoms with E-state index in [9.17, 15) is 9.59 Å². The number of aliphatic carboxylic acids is 1. The van der Waals surface area contributed by atoms with Gasteiger partial charge in [0.1, 0.15) is 5.92 Å². The van der Waals surface area contributed by atoms with Crippen molar-refractivity contribution in [2.75, 3.05) is 6.54 Å². The summed E-state index contributed by atoms with van der Waals surface area (Å²) >= 11 is 0. The van der Waals surface area contributed by atoms with Gasteiger partial charge in [-0.25, -0.2) is 0 Å². The smallest absolute Gasteiger partial charge is 0.316 e. The standard InChI is InChI=1S/C8H13NO3/c1-4(2)5-3-9-7(10)6(5)8(11)12/h4-6H,3H2,1-2H3,(H,9,10)(H,11,12)/t5-,6-/m0/s1. The van der Waals surface area contributed by atoms with Gasteiger partial charge < -0.3 is 10.4 Å². The van der Waals surface area contributed by atoms with E-state index in [2.05, 4.69) is 5.32 Å². The topological polar surface area (TPSA) is 66.4 Å². The lowest BCUT2D eigenvalue weighted by molar-refractivity contribution is -0.147. The van der Waals surface area contributed by atoms with E-state index in [-0.39, 0.29) is 17.7 Å². The zero-order chi connectivity index (χ0) is 9.30. The van der Waals surface area contributed by atoms with Gasteiger partial charge in [0.2, 0.25) is 5.91 Å². The van der Waals surface area contributed by atoms with Crippen molar-refractivity contribution in [2.45, 2.75) is 13.8 Å². The minimum absolute atomic E-state index is 0.0602. The van der Waals surface area contributed by atoms with Crippen molar-refractivity contribution in [3.8, 4) is 0 Å². The Kier molecular flexibility index (Phi) is 2.35. The highest BCUT2D eigenvalue weighted by Crippen LogP contribution is 2.25. The van der Waals surface area contributed by atoms with Gasteiger partial charge in [0, 0.05) is 12.5 Å². The summed E-state index contributed by atoms with van der Waals surface area (Å²) in [7, 11) is 0. The maximum absolute atomic E-state index is 11.0. The fraction of sp³-hybridized carbons (Fsp3) is 0.750. The van der Waals surface area contributed by atoms with Gasteiger partial charge in [-0.3, -0.25) is 9.59 Å². The van der Waals surface area contributed by atoms with Crippen LogP contribution in [0.3, 0.4) is 0 Å². The van der Waals surface area contributed by atoms with E-state index in [1.54, 1.807) is 0 Å². The fourth-order valence-electron chi connectivity index (χ4n) is 1.56. The molecule has 1 saturated heterocycles. The summed E-state index contributed by atoms with van der Waals surface area (Å²) in [5.41, 5.74) is 0. The van der Waals surface area contributed by atoms with Crippen LogP contribution >= 0.6 is 0 Å². The minimum atomic E-state index is -1.01. The van der Waals surface area contributed by atoms with Crippen molar-refractivity contribution in [2.24, 2.45) is 17.8 Å². The van der Waals surface area contributed by atoms with Crippen LogP contribution in [0.25, 0.3) is 0 Å². The van der Waals surface area contributed by atoms with Crippen LogP contribution in [0, 0.1) is 17.8 Å². The van der Waals surface area contributed by atoms with E-state index in [0.29, 0.717) is 6.54 Å². The molecule has 4 nitrogen and oxygen atoms in total. The molecule has 0 aromatic carbocycles. The fourth-order valence-corrected chi connectivity index (χ4v) is 1.56. The summed E-state index contributed by atoms with van der Waals surface area (Å²) in [6, 6.07) is 0. The molecular formula is C8H13NO3. The van der Waals surface area contributed by atoms with E-state index in [0.717, 1.165) is 0 Å². The highest BCUT2D eigenvalue weighted by Gasteiger charge is 2.41. The zero-order valence-corrected chi connectivity index (χ0v) is 7.20. The van der Waals surface area contributed by atoms with Crippen molar-refractivity contribution in [1.82, 2.24) is 5.32 Å². The number of hydrogen-bond donors (Lipinski definition) is 2. The Balaban J connectivity index is 2.77. The molecule has 0 saturated carbocycles. The molecule has 1 rings (SSSR count). The van der Waals surface area contributed by atoms with Crippen LogP contribution in [0.1, 0.15) is 13.8 Å². The highest BCUT2D eigenvalue weighted by molar-refractivity contribution is 5.98. The number of carboxylic acids is 1. The summed E-state index contributed by atoms with van der Waals surface area (Å²) in [6.07, 6.45) is 0. The third kappa shape index (κ3) is 1.42. The molecule has 12 heavy (non-hydrogen) atoms. The molecule has 1 fully saturated rings. The van der Waals surface area contributed by atoms with Crippen LogP contribution in [0.15, 0.2) is 0 Å². The van der Waals surface area contributed by atoms with Crippen LogP contribution in [0.5, 0.6) is 0 Å². The minimum Gasteiger partial charge on any atom is -0.481 e. The Morgan fingerprint density at radius 3 is 2.58 bits per heavy atom. The lowest BCUT2D eigenvalue weighted by Gasteiger charge is -2.16. The van der Waals surface area contributed by atoms with Gasteiger partial charge in [-0.2, -0.15) is 0 Å². The van der Waals surface area contributed by atoms with E-state index in [1.807, 2.05) is 13.8 Å². The van der Waals surface area contributed by atoms with Gasteiger partial charge >= 0.3 is 5.97 Å². The maximum atomic E-state index is 11.0. The lowest BCUT2D eigenvalue weighted by atomic mass is 9.86. The van der Waals surface area contributed by atoms with E-state index >= 15 is 0 Å². The SMILES string of the molecule is CC(C)[C@@H]1CNC(=O)[C@H]1C(=O)O. The Bertz CT molecular complexity index is 212. The maximum Gasteiger partial charge on any atom is 0.316 e. The van der Waals surface area contributed by atoms with Gasteiger partial charge in [-0.15, -0.1) is 0 Å². The zero-order valence-electron chi connectivity index (χ0n) is 7.20. The molecule has 0 aromatic heterocycles. The summed E-state index contributed by atoms with van der Waals surface area (Å²) < 4.78 is 0. The van der Waals surface area contributed by atoms with E-state index < -0.39 is 11.9 Å². The predicted octanol–water partition coefficient (Wildman–Crippen LogP) is 0.0892. The van der Waals surface area contributed by atoms with Gasteiger partial charge in [0.15, 0.2) is 0 Å². The molecule has 1 aliphatic rings. The second-order valence-corrected chi connectivity index (χ2v) is 3.47. The lowest BCUT2D eigenvalue weighted by Crippen LogP contribution is -2.29. The quantitative estimate of drug-likeness (QED) is 0.578. The van der Waals surface area contributed by atoms with Gasteiger partial charge in [-0.1, -0.05) is 13.8 Å². The number of amides is 1. The largest absolute Gasteiger partial charge is 0.481 e. The highest BCUT2D eigenvalue weighted by atomic mass is 16.4. The Hall–Kier alpha value is -1.06. The molecule has 2 N–H and O–H groups in total. The van der Waals surface area contributed by atoms with Crippen LogP contribution in [0.2, 0.25) is 0 Å².